The van der Waals surface area contributed by atoms with Crippen LogP contribution in [0.2, 0.25) is 0 Å². The number of benzene rings is 1. The maximum absolute atomic E-state index is 13.7. The van der Waals surface area contributed by atoms with Gasteiger partial charge in [-0.15, -0.1) is 0 Å². The summed E-state index contributed by atoms with van der Waals surface area (Å²) in [5.74, 6) is -0.242. The molecule has 0 bridgehead atoms. The van der Waals surface area contributed by atoms with Gasteiger partial charge in [0, 0.05) is 25.8 Å². The summed E-state index contributed by atoms with van der Waals surface area (Å²) in [4.78, 5) is 4.37. The Morgan fingerprint density at radius 3 is 2.71 bits per heavy atom. The molecule has 0 unspecified atom stereocenters. The van der Waals surface area contributed by atoms with Crippen LogP contribution in [0.1, 0.15) is 12.8 Å². The molecule has 1 aliphatic rings. The number of rotatable bonds is 4. The fourth-order valence-corrected chi connectivity index (χ4v) is 2.25. The van der Waals surface area contributed by atoms with Crippen molar-refractivity contribution in [3.8, 4) is 0 Å². The van der Waals surface area contributed by atoms with E-state index in [9.17, 15) is 4.39 Å². The van der Waals surface area contributed by atoms with Crippen LogP contribution in [-0.4, -0.2) is 38.1 Å². The van der Waals surface area contributed by atoms with Gasteiger partial charge in [-0.2, -0.15) is 0 Å². The van der Waals surface area contributed by atoms with Crippen molar-refractivity contribution in [2.75, 3.05) is 43.9 Å². The molecule has 0 aliphatic carbocycles. The largest absolute Gasteiger partial charge is 0.399 e. The fraction of sp³-hybridized carbons (Fsp3) is 0.538. The summed E-state index contributed by atoms with van der Waals surface area (Å²) in [6.45, 7) is 4.21. The van der Waals surface area contributed by atoms with E-state index < -0.39 is 0 Å². The molecule has 1 aliphatic heterocycles. The summed E-state index contributed by atoms with van der Waals surface area (Å²) >= 11 is 0. The Labute approximate surface area is 102 Å². The van der Waals surface area contributed by atoms with Crippen LogP contribution in [0.25, 0.3) is 0 Å². The molecule has 0 amide bonds. The fourth-order valence-electron chi connectivity index (χ4n) is 2.25. The number of nitrogens with two attached hydrogens (primary N) is 1. The van der Waals surface area contributed by atoms with Crippen molar-refractivity contribution in [2.24, 2.45) is 0 Å². The maximum Gasteiger partial charge on any atom is 0.148 e. The van der Waals surface area contributed by atoms with Gasteiger partial charge in [-0.1, -0.05) is 0 Å². The predicted octanol–water partition coefficient (Wildman–Crippen LogP) is 1.94. The summed E-state index contributed by atoms with van der Waals surface area (Å²) in [7, 11) is 1.92. The van der Waals surface area contributed by atoms with Crippen molar-refractivity contribution in [1.29, 1.82) is 0 Å². The van der Waals surface area contributed by atoms with Crippen LogP contribution in [-0.2, 0) is 0 Å². The Balaban J connectivity index is 1.91. The molecule has 0 spiro atoms. The van der Waals surface area contributed by atoms with Crippen LogP contribution < -0.4 is 10.6 Å². The van der Waals surface area contributed by atoms with Crippen molar-refractivity contribution in [2.45, 2.75) is 12.8 Å². The van der Waals surface area contributed by atoms with Gasteiger partial charge in [0.15, 0.2) is 0 Å². The van der Waals surface area contributed by atoms with Crippen molar-refractivity contribution >= 4 is 11.4 Å². The Morgan fingerprint density at radius 2 is 2.06 bits per heavy atom. The number of likely N-dealkylation sites (N-methyl/N-ethyl adjacent to an activating group) is 1. The third-order valence-corrected chi connectivity index (χ3v) is 3.33. The molecule has 1 aromatic rings. The molecule has 1 saturated heterocycles. The van der Waals surface area contributed by atoms with Gasteiger partial charge in [0.05, 0.1) is 5.69 Å². The smallest absolute Gasteiger partial charge is 0.148 e. The van der Waals surface area contributed by atoms with Crippen molar-refractivity contribution in [1.82, 2.24) is 4.90 Å². The Morgan fingerprint density at radius 1 is 1.35 bits per heavy atom. The molecule has 0 saturated carbocycles. The van der Waals surface area contributed by atoms with Crippen molar-refractivity contribution in [3.63, 3.8) is 0 Å². The predicted molar refractivity (Wildman–Crippen MR) is 69.8 cm³/mol. The summed E-state index contributed by atoms with van der Waals surface area (Å²) < 4.78 is 13.7. The molecule has 0 atom stereocenters. The summed E-state index contributed by atoms with van der Waals surface area (Å²) in [5, 5.41) is 0. The first-order valence-electron chi connectivity index (χ1n) is 6.15. The molecule has 0 radical (unpaired) electrons. The molecule has 4 heteroatoms. The average Bonchev–Trinajstić information content (AvgIpc) is 2.78. The first-order chi connectivity index (χ1) is 8.16. The van der Waals surface area contributed by atoms with E-state index in [1.165, 1.54) is 32.0 Å². The van der Waals surface area contributed by atoms with E-state index in [0.29, 0.717) is 11.4 Å². The molecule has 17 heavy (non-hydrogen) atoms. The molecular weight excluding hydrogens is 217 g/mol. The highest BCUT2D eigenvalue weighted by atomic mass is 19.1. The second-order valence-corrected chi connectivity index (χ2v) is 4.68. The summed E-state index contributed by atoms with van der Waals surface area (Å²) in [5.41, 5.74) is 6.63. The van der Waals surface area contributed by atoms with Gasteiger partial charge in [0.25, 0.3) is 0 Å². The van der Waals surface area contributed by atoms with E-state index >= 15 is 0 Å². The Hall–Kier alpha value is -1.29. The topological polar surface area (TPSA) is 32.5 Å². The molecule has 1 fully saturated rings. The maximum atomic E-state index is 13.7. The minimum Gasteiger partial charge on any atom is -0.399 e. The summed E-state index contributed by atoms with van der Waals surface area (Å²) in [6.07, 6.45) is 2.58. The first kappa shape index (κ1) is 12.2. The highest BCUT2D eigenvalue weighted by molar-refractivity contribution is 5.54. The lowest BCUT2D eigenvalue weighted by atomic mass is 10.2. The molecule has 1 heterocycles. The van der Waals surface area contributed by atoms with Crippen molar-refractivity contribution < 1.29 is 4.39 Å². The average molecular weight is 237 g/mol. The number of hydrogen-bond acceptors (Lipinski definition) is 3. The van der Waals surface area contributed by atoms with E-state index in [1.807, 2.05) is 11.9 Å². The van der Waals surface area contributed by atoms with Crippen LogP contribution in [0.3, 0.4) is 0 Å². The SMILES string of the molecule is CN(CCN1CCCC1)c1ccc(N)cc1F. The molecular formula is C13H20FN3. The quantitative estimate of drug-likeness (QED) is 0.812. The van der Waals surface area contributed by atoms with Crippen molar-refractivity contribution in [3.05, 3.63) is 24.0 Å². The number of nitrogen functional groups attached to an aromatic ring is 1. The molecule has 1 aromatic carbocycles. The van der Waals surface area contributed by atoms with Gasteiger partial charge >= 0.3 is 0 Å². The molecule has 2 rings (SSSR count). The van der Waals surface area contributed by atoms with E-state index in [2.05, 4.69) is 4.90 Å². The second-order valence-electron chi connectivity index (χ2n) is 4.68. The molecule has 0 aromatic heterocycles. The van der Waals surface area contributed by atoms with E-state index in [0.717, 1.165) is 13.1 Å². The number of hydrogen-bond donors (Lipinski definition) is 1. The third kappa shape index (κ3) is 3.09. The Bertz CT molecular complexity index is 375. The zero-order valence-corrected chi connectivity index (χ0v) is 10.3. The number of halogens is 1. The van der Waals surface area contributed by atoms with Crippen LogP contribution >= 0.6 is 0 Å². The zero-order valence-electron chi connectivity index (χ0n) is 10.3. The number of anilines is 2. The lowest BCUT2D eigenvalue weighted by Crippen LogP contribution is -2.31. The van der Waals surface area contributed by atoms with E-state index in [4.69, 9.17) is 5.73 Å². The summed E-state index contributed by atoms with van der Waals surface area (Å²) in [6, 6.07) is 4.86. The van der Waals surface area contributed by atoms with Gasteiger partial charge in [0.2, 0.25) is 0 Å². The van der Waals surface area contributed by atoms with E-state index in [1.54, 1.807) is 12.1 Å². The minimum atomic E-state index is -0.242. The van der Waals surface area contributed by atoms with Gasteiger partial charge < -0.3 is 15.5 Å². The van der Waals surface area contributed by atoms with Gasteiger partial charge in [-0.05, 0) is 44.1 Å². The number of nitrogens with zero attached hydrogens (tertiary/aromatic N) is 2. The lowest BCUT2D eigenvalue weighted by Gasteiger charge is -2.23. The standard InChI is InChI=1S/C13H20FN3/c1-16(8-9-17-6-2-3-7-17)13-5-4-11(15)10-12(13)14/h4-5,10H,2-3,6-9,15H2,1H3. The van der Waals surface area contributed by atoms with Gasteiger partial charge in [-0.25, -0.2) is 4.39 Å². The minimum absolute atomic E-state index is 0.242. The first-order valence-corrected chi connectivity index (χ1v) is 6.15. The van der Waals surface area contributed by atoms with Crippen LogP contribution in [0.4, 0.5) is 15.8 Å². The third-order valence-electron chi connectivity index (χ3n) is 3.33. The normalized spacial score (nSPS) is 16.4. The highest BCUT2D eigenvalue weighted by Crippen LogP contribution is 2.20. The molecule has 2 N–H and O–H groups in total. The lowest BCUT2D eigenvalue weighted by molar-refractivity contribution is 0.346. The zero-order chi connectivity index (χ0) is 12.3. The molecule has 94 valence electrons. The van der Waals surface area contributed by atoms with E-state index in [-0.39, 0.29) is 5.82 Å². The van der Waals surface area contributed by atoms with Crippen LogP contribution in [0.15, 0.2) is 18.2 Å². The number of likely N-dealkylation sites (tertiary alicyclic amines) is 1. The Kier molecular flexibility index (Phi) is 3.84. The van der Waals surface area contributed by atoms with Crippen LogP contribution in [0, 0.1) is 5.82 Å². The molecule has 3 nitrogen and oxygen atoms in total. The van der Waals surface area contributed by atoms with Crippen LogP contribution in [0.5, 0.6) is 0 Å². The van der Waals surface area contributed by atoms with Gasteiger partial charge in [-0.3, -0.25) is 0 Å². The monoisotopic (exact) mass is 237 g/mol. The highest BCUT2D eigenvalue weighted by Gasteiger charge is 2.13. The second kappa shape index (κ2) is 5.36. The van der Waals surface area contributed by atoms with Gasteiger partial charge in [0.1, 0.15) is 5.82 Å².